The largest absolute Gasteiger partial charge is 0.494 e. The van der Waals surface area contributed by atoms with E-state index in [0.29, 0.717) is 17.9 Å². The predicted octanol–water partition coefficient (Wildman–Crippen LogP) is 6.52. The number of amides is 1. The molecule has 0 saturated heterocycles. The molecule has 0 aromatic heterocycles. The number of rotatable bonds is 8. The summed E-state index contributed by atoms with van der Waals surface area (Å²) in [6.07, 6.45) is 0. The van der Waals surface area contributed by atoms with Crippen molar-refractivity contribution >= 4 is 29.3 Å². The molecule has 0 spiro atoms. The van der Waals surface area contributed by atoms with Gasteiger partial charge in [0.05, 0.1) is 12.6 Å². The zero-order valence-corrected chi connectivity index (χ0v) is 18.1. The van der Waals surface area contributed by atoms with Crippen LogP contribution < -0.4 is 10.1 Å². The number of carbonyl (C=O) groups is 1. The van der Waals surface area contributed by atoms with E-state index in [9.17, 15) is 4.79 Å². The van der Waals surface area contributed by atoms with Crippen molar-refractivity contribution in [3.05, 3.63) is 94.5 Å². The Morgan fingerprint density at radius 3 is 2.48 bits per heavy atom. The van der Waals surface area contributed by atoms with Crippen molar-refractivity contribution < 1.29 is 9.53 Å². The summed E-state index contributed by atoms with van der Waals surface area (Å²) in [4.78, 5) is 13.9. The van der Waals surface area contributed by atoms with Crippen LogP contribution in [0, 0.1) is 0 Å². The Morgan fingerprint density at radius 1 is 1.07 bits per heavy atom. The van der Waals surface area contributed by atoms with Crippen LogP contribution in [0.1, 0.15) is 41.4 Å². The molecule has 29 heavy (non-hydrogen) atoms. The Kier molecular flexibility index (Phi) is 7.62. The Hall–Kier alpha value is -2.43. The average Bonchev–Trinajstić information content (AvgIpc) is 2.75. The zero-order chi connectivity index (χ0) is 20.6. The molecule has 3 aromatic carbocycles. The van der Waals surface area contributed by atoms with Crippen LogP contribution in [0.3, 0.4) is 0 Å². The smallest absolute Gasteiger partial charge is 0.251 e. The van der Waals surface area contributed by atoms with E-state index in [1.54, 1.807) is 11.8 Å². The van der Waals surface area contributed by atoms with Gasteiger partial charge in [0.25, 0.3) is 5.91 Å². The first-order chi connectivity index (χ1) is 14.1. The minimum atomic E-state index is -0.0952. The molecule has 150 valence electrons. The summed E-state index contributed by atoms with van der Waals surface area (Å²) >= 11 is 7.65. The fraction of sp³-hybridized carbons (Fsp3) is 0.208. The first kappa shape index (κ1) is 21.3. The Morgan fingerprint density at radius 2 is 1.79 bits per heavy atom. The molecule has 0 fully saturated rings. The lowest BCUT2D eigenvalue weighted by Crippen LogP contribution is -2.26. The lowest BCUT2D eigenvalue weighted by atomic mass is 10.1. The second-order valence-electron chi connectivity index (χ2n) is 6.60. The molecule has 0 aliphatic heterocycles. The molecule has 0 saturated carbocycles. The number of carbonyl (C=O) groups excluding carboxylic acids is 1. The maximum absolute atomic E-state index is 12.8. The van der Waals surface area contributed by atoms with Gasteiger partial charge in [0.15, 0.2) is 0 Å². The number of nitrogens with one attached hydrogen (secondary N) is 1. The van der Waals surface area contributed by atoms with Gasteiger partial charge in [-0.2, -0.15) is 0 Å². The summed E-state index contributed by atoms with van der Waals surface area (Å²) in [5.41, 5.74) is 2.69. The molecule has 1 amide bonds. The van der Waals surface area contributed by atoms with E-state index in [2.05, 4.69) is 5.32 Å². The zero-order valence-electron chi connectivity index (χ0n) is 16.5. The summed E-state index contributed by atoms with van der Waals surface area (Å²) in [6.45, 7) is 4.52. The van der Waals surface area contributed by atoms with Crippen molar-refractivity contribution in [1.82, 2.24) is 5.32 Å². The van der Waals surface area contributed by atoms with E-state index in [1.165, 1.54) is 0 Å². The van der Waals surface area contributed by atoms with E-state index < -0.39 is 0 Å². The minimum Gasteiger partial charge on any atom is -0.494 e. The topological polar surface area (TPSA) is 38.3 Å². The van der Waals surface area contributed by atoms with Gasteiger partial charge < -0.3 is 10.1 Å². The molecule has 0 heterocycles. The summed E-state index contributed by atoms with van der Waals surface area (Å²) in [7, 11) is 0. The van der Waals surface area contributed by atoms with Gasteiger partial charge >= 0.3 is 0 Å². The van der Waals surface area contributed by atoms with Gasteiger partial charge in [-0.25, -0.2) is 0 Å². The van der Waals surface area contributed by atoms with Crippen LogP contribution in [0.15, 0.2) is 77.7 Å². The quantitative estimate of drug-likeness (QED) is 0.417. The van der Waals surface area contributed by atoms with Crippen LogP contribution in [-0.2, 0) is 5.75 Å². The summed E-state index contributed by atoms with van der Waals surface area (Å²) in [5, 5.41) is 3.79. The maximum Gasteiger partial charge on any atom is 0.251 e. The second kappa shape index (κ2) is 10.4. The third-order valence-corrected chi connectivity index (χ3v) is 5.79. The van der Waals surface area contributed by atoms with Gasteiger partial charge in [-0.3, -0.25) is 4.79 Å². The maximum atomic E-state index is 12.8. The molecule has 3 rings (SSSR count). The van der Waals surface area contributed by atoms with Crippen LogP contribution in [0.2, 0.25) is 5.02 Å². The standard InChI is InChI=1S/C24H24ClNO2S/c1-3-28-23-14-9-19(24(27)26-17(2)18-7-5-4-6-8-18)15-20(23)16-29-22-12-10-21(25)11-13-22/h4-15,17H,3,16H2,1-2H3,(H,26,27). The second-order valence-corrected chi connectivity index (χ2v) is 8.09. The SMILES string of the molecule is CCOc1ccc(C(=O)NC(C)c2ccccc2)cc1CSc1ccc(Cl)cc1. The number of ether oxygens (including phenoxy) is 1. The molecule has 0 aliphatic rings. The molecule has 5 heteroatoms. The summed E-state index contributed by atoms with van der Waals surface area (Å²) < 4.78 is 5.76. The van der Waals surface area contributed by atoms with Gasteiger partial charge in [0.1, 0.15) is 5.75 Å². The third kappa shape index (κ3) is 6.02. The van der Waals surface area contributed by atoms with Gasteiger partial charge in [0.2, 0.25) is 0 Å². The number of benzene rings is 3. The molecular formula is C24H24ClNO2S. The highest BCUT2D eigenvalue weighted by atomic mass is 35.5. The summed E-state index contributed by atoms with van der Waals surface area (Å²) in [5.74, 6) is 1.41. The molecule has 1 N–H and O–H groups in total. The predicted molar refractivity (Wildman–Crippen MR) is 121 cm³/mol. The monoisotopic (exact) mass is 425 g/mol. The van der Waals surface area contributed by atoms with Crippen molar-refractivity contribution in [3.8, 4) is 5.75 Å². The van der Waals surface area contributed by atoms with Gasteiger partial charge in [0, 0.05) is 26.8 Å². The lowest BCUT2D eigenvalue weighted by molar-refractivity contribution is 0.0939. The lowest BCUT2D eigenvalue weighted by Gasteiger charge is -2.16. The van der Waals surface area contributed by atoms with E-state index in [-0.39, 0.29) is 11.9 Å². The average molecular weight is 426 g/mol. The Labute approximate surface area is 181 Å². The third-order valence-electron chi connectivity index (χ3n) is 4.48. The van der Waals surface area contributed by atoms with Crippen molar-refractivity contribution in [1.29, 1.82) is 0 Å². The van der Waals surface area contributed by atoms with Crippen molar-refractivity contribution in [2.75, 3.05) is 6.61 Å². The van der Waals surface area contributed by atoms with E-state index in [0.717, 1.165) is 26.8 Å². The number of thioether (sulfide) groups is 1. The normalized spacial score (nSPS) is 11.7. The molecular weight excluding hydrogens is 402 g/mol. The molecule has 0 aliphatic carbocycles. The Balaban J connectivity index is 1.74. The van der Waals surface area contributed by atoms with Crippen LogP contribution in [0.4, 0.5) is 0 Å². The number of hydrogen-bond donors (Lipinski definition) is 1. The minimum absolute atomic E-state index is 0.0674. The van der Waals surface area contributed by atoms with Crippen LogP contribution in [0.25, 0.3) is 0 Å². The fourth-order valence-corrected chi connectivity index (χ4v) is 3.93. The van der Waals surface area contributed by atoms with Crippen LogP contribution in [-0.4, -0.2) is 12.5 Å². The molecule has 3 aromatic rings. The molecule has 0 bridgehead atoms. The van der Waals surface area contributed by atoms with Gasteiger partial charge in [-0.05, 0) is 61.9 Å². The summed E-state index contributed by atoms with van der Waals surface area (Å²) in [6, 6.07) is 23.2. The van der Waals surface area contributed by atoms with Crippen molar-refractivity contribution in [2.24, 2.45) is 0 Å². The highest BCUT2D eigenvalue weighted by Gasteiger charge is 2.14. The molecule has 1 unspecified atom stereocenters. The van der Waals surface area contributed by atoms with Gasteiger partial charge in [-0.15, -0.1) is 11.8 Å². The van der Waals surface area contributed by atoms with E-state index in [4.69, 9.17) is 16.3 Å². The van der Waals surface area contributed by atoms with E-state index in [1.807, 2.05) is 86.6 Å². The molecule has 3 nitrogen and oxygen atoms in total. The Bertz CT molecular complexity index is 945. The molecule has 1 atom stereocenters. The number of hydrogen-bond acceptors (Lipinski definition) is 3. The van der Waals surface area contributed by atoms with Crippen LogP contribution >= 0.6 is 23.4 Å². The van der Waals surface area contributed by atoms with Gasteiger partial charge in [-0.1, -0.05) is 41.9 Å². The highest BCUT2D eigenvalue weighted by molar-refractivity contribution is 7.98. The fourth-order valence-electron chi connectivity index (χ4n) is 2.93. The first-order valence-electron chi connectivity index (χ1n) is 9.56. The van der Waals surface area contributed by atoms with Crippen molar-refractivity contribution in [3.63, 3.8) is 0 Å². The molecule has 0 radical (unpaired) electrons. The first-order valence-corrected chi connectivity index (χ1v) is 10.9. The van der Waals surface area contributed by atoms with Crippen molar-refractivity contribution in [2.45, 2.75) is 30.5 Å². The highest BCUT2D eigenvalue weighted by Crippen LogP contribution is 2.30. The van der Waals surface area contributed by atoms with Crippen LogP contribution in [0.5, 0.6) is 5.75 Å². The number of halogens is 1. The van der Waals surface area contributed by atoms with E-state index >= 15 is 0 Å².